The predicted molar refractivity (Wildman–Crippen MR) is 95.9 cm³/mol. The molecule has 1 aliphatic heterocycles. The molecule has 0 fully saturated rings. The molecule has 0 saturated carbocycles. The van der Waals surface area contributed by atoms with Crippen LogP contribution < -0.4 is 9.47 Å². The molecule has 0 N–H and O–H groups in total. The second-order valence-electron chi connectivity index (χ2n) is 6.19. The van der Waals surface area contributed by atoms with Crippen LogP contribution in [0.25, 0.3) is 0 Å². The molecule has 0 aromatic heterocycles. The number of benzene rings is 2. The fourth-order valence-electron chi connectivity index (χ4n) is 2.52. The van der Waals surface area contributed by atoms with Crippen LogP contribution in [0.4, 0.5) is 4.79 Å². The van der Waals surface area contributed by atoms with Crippen molar-refractivity contribution in [1.82, 2.24) is 4.31 Å². The summed E-state index contributed by atoms with van der Waals surface area (Å²) in [7, 11) is 1.66. The Morgan fingerprint density at radius 2 is 1.96 bits per heavy atom. The molecule has 0 radical (unpaired) electrons. The van der Waals surface area contributed by atoms with Gasteiger partial charge in [0, 0.05) is 29.0 Å². The maximum Gasteiger partial charge on any atom is 0.425 e. The van der Waals surface area contributed by atoms with Gasteiger partial charge in [-0.05, 0) is 56.1 Å². The molecular weight excluding hydrogens is 346 g/mol. The van der Waals surface area contributed by atoms with Crippen molar-refractivity contribution in [3.05, 3.63) is 53.1 Å². The summed E-state index contributed by atoms with van der Waals surface area (Å²) in [4.78, 5) is 13.2. The number of para-hydroxylation sites is 1. The molecule has 1 aliphatic rings. The van der Waals surface area contributed by atoms with Gasteiger partial charge in [0.25, 0.3) is 0 Å². The molecule has 0 unspecified atom stereocenters. The molecule has 2 aromatic rings. The van der Waals surface area contributed by atoms with Crippen LogP contribution in [0.15, 0.2) is 47.4 Å². The Morgan fingerprint density at radius 3 is 2.67 bits per heavy atom. The fraction of sp³-hybridized carbons (Fsp3) is 0.278. The van der Waals surface area contributed by atoms with Gasteiger partial charge in [0.1, 0.15) is 5.60 Å². The molecule has 1 amide bonds. The first-order valence-corrected chi connectivity index (χ1v) is 8.69. The van der Waals surface area contributed by atoms with Gasteiger partial charge in [0.2, 0.25) is 0 Å². The molecule has 126 valence electrons. The molecule has 0 bridgehead atoms. The Morgan fingerprint density at radius 1 is 1.25 bits per heavy atom. The topological polar surface area (TPSA) is 38.8 Å². The molecule has 2 aromatic carbocycles. The van der Waals surface area contributed by atoms with Crippen molar-refractivity contribution in [1.29, 1.82) is 0 Å². The summed E-state index contributed by atoms with van der Waals surface area (Å²) in [6, 6.07) is 12.9. The highest BCUT2D eigenvalue weighted by Crippen LogP contribution is 2.42. The summed E-state index contributed by atoms with van der Waals surface area (Å²) in [5.74, 6) is 1.10. The van der Waals surface area contributed by atoms with E-state index in [9.17, 15) is 4.79 Å². The van der Waals surface area contributed by atoms with Crippen LogP contribution in [0, 0.1) is 0 Å². The summed E-state index contributed by atoms with van der Waals surface area (Å²) in [5, 5.41) is 0.657. The lowest BCUT2D eigenvalue weighted by Crippen LogP contribution is -2.25. The van der Waals surface area contributed by atoms with Crippen LogP contribution in [-0.4, -0.2) is 23.0 Å². The number of amides is 1. The molecule has 4 nitrogen and oxygen atoms in total. The van der Waals surface area contributed by atoms with Crippen molar-refractivity contribution in [3.8, 4) is 11.5 Å². The molecule has 0 saturated heterocycles. The molecule has 1 heterocycles. The van der Waals surface area contributed by atoms with Gasteiger partial charge in [-0.25, -0.2) is 9.10 Å². The maximum atomic E-state index is 12.3. The SMILES string of the molecule is CN(Sc1ccc(Cl)cc1)C(=O)Oc1cccc2c1OC(C)(C)C2. The number of fused-ring (bicyclic) bond motifs is 1. The first kappa shape index (κ1) is 17.0. The molecular formula is C18H18ClNO3S. The van der Waals surface area contributed by atoms with E-state index in [2.05, 4.69) is 0 Å². The van der Waals surface area contributed by atoms with Gasteiger partial charge >= 0.3 is 6.09 Å². The summed E-state index contributed by atoms with van der Waals surface area (Å²) in [6.45, 7) is 4.03. The summed E-state index contributed by atoms with van der Waals surface area (Å²) in [5.41, 5.74) is 0.771. The van der Waals surface area contributed by atoms with E-state index in [1.807, 2.05) is 38.1 Å². The normalized spacial score (nSPS) is 14.7. The number of rotatable bonds is 3. The van der Waals surface area contributed by atoms with E-state index < -0.39 is 6.09 Å². The zero-order valence-corrected chi connectivity index (χ0v) is 15.3. The lowest BCUT2D eigenvalue weighted by Gasteiger charge is -2.19. The number of halogens is 1. The van der Waals surface area contributed by atoms with Crippen LogP contribution in [-0.2, 0) is 6.42 Å². The summed E-state index contributed by atoms with van der Waals surface area (Å²) < 4.78 is 12.9. The van der Waals surface area contributed by atoms with Crippen LogP contribution in [0.3, 0.4) is 0 Å². The van der Waals surface area contributed by atoms with E-state index in [-0.39, 0.29) is 5.60 Å². The van der Waals surface area contributed by atoms with Crippen molar-refractivity contribution in [2.45, 2.75) is 30.8 Å². The van der Waals surface area contributed by atoms with E-state index in [4.69, 9.17) is 21.1 Å². The van der Waals surface area contributed by atoms with Gasteiger partial charge in [0.05, 0.1) is 0 Å². The molecule has 0 spiro atoms. The standard InChI is InChI=1S/C18H18ClNO3S/c1-18(2)11-12-5-4-6-15(16(12)23-18)22-17(21)20(3)24-14-9-7-13(19)8-10-14/h4-10H,11H2,1-3H3. The highest BCUT2D eigenvalue weighted by molar-refractivity contribution is 7.97. The first-order valence-electron chi connectivity index (χ1n) is 7.54. The zero-order chi connectivity index (χ0) is 17.3. The number of hydrogen-bond donors (Lipinski definition) is 0. The monoisotopic (exact) mass is 363 g/mol. The van der Waals surface area contributed by atoms with E-state index in [1.54, 1.807) is 25.2 Å². The van der Waals surface area contributed by atoms with Crippen molar-refractivity contribution in [2.24, 2.45) is 0 Å². The number of ether oxygens (including phenoxy) is 2. The molecule has 3 rings (SSSR count). The highest BCUT2D eigenvalue weighted by Gasteiger charge is 2.33. The van der Waals surface area contributed by atoms with Gasteiger partial charge in [0.15, 0.2) is 11.5 Å². The third-order valence-corrected chi connectivity index (χ3v) is 4.72. The minimum Gasteiger partial charge on any atom is -0.483 e. The van der Waals surface area contributed by atoms with E-state index in [0.29, 0.717) is 16.5 Å². The number of hydrogen-bond acceptors (Lipinski definition) is 4. The summed E-state index contributed by atoms with van der Waals surface area (Å²) in [6.07, 6.45) is 0.333. The quantitative estimate of drug-likeness (QED) is 0.703. The van der Waals surface area contributed by atoms with Gasteiger partial charge in [-0.15, -0.1) is 0 Å². The molecule has 0 aliphatic carbocycles. The smallest absolute Gasteiger partial charge is 0.425 e. The lowest BCUT2D eigenvalue weighted by molar-refractivity contribution is 0.132. The minimum absolute atomic E-state index is 0.283. The Balaban J connectivity index is 1.69. The van der Waals surface area contributed by atoms with E-state index >= 15 is 0 Å². The molecule has 24 heavy (non-hydrogen) atoms. The van der Waals surface area contributed by atoms with Crippen molar-refractivity contribution in [3.63, 3.8) is 0 Å². The van der Waals surface area contributed by atoms with E-state index in [0.717, 1.165) is 16.9 Å². The van der Waals surface area contributed by atoms with E-state index in [1.165, 1.54) is 16.3 Å². The zero-order valence-electron chi connectivity index (χ0n) is 13.7. The average molecular weight is 364 g/mol. The third kappa shape index (κ3) is 3.79. The van der Waals surface area contributed by atoms with Gasteiger partial charge < -0.3 is 9.47 Å². The fourth-order valence-corrected chi connectivity index (χ4v) is 3.33. The van der Waals surface area contributed by atoms with Crippen molar-refractivity contribution in [2.75, 3.05) is 7.05 Å². The van der Waals surface area contributed by atoms with Crippen molar-refractivity contribution >= 4 is 29.6 Å². The average Bonchev–Trinajstić information content (AvgIpc) is 2.84. The van der Waals surface area contributed by atoms with Crippen molar-refractivity contribution < 1.29 is 14.3 Å². The Kier molecular flexibility index (Phi) is 4.65. The number of carbonyl (C=O) groups is 1. The van der Waals surface area contributed by atoms with Crippen LogP contribution in [0.5, 0.6) is 11.5 Å². The Bertz CT molecular complexity index is 761. The summed E-state index contributed by atoms with van der Waals surface area (Å²) >= 11 is 7.14. The largest absolute Gasteiger partial charge is 0.483 e. The minimum atomic E-state index is -0.461. The van der Waals surface area contributed by atoms with Crippen LogP contribution >= 0.6 is 23.5 Å². The van der Waals surface area contributed by atoms with Crippen LogP contribution in [0.2, 0.25) is 5.02 Å². The Hall–Kier alpha value is -1.85. The van der Waals surface area contributed by atoms with Crippen LogP contribution in [0.1, 0.15) is 19.4 Å². The third-order valence-electron chi connectivity index (χ3n) is 3.57. The lowest BCUT2D eigenvalue weighted by atomic mass is 10.0. The Labute approximate surface area is 150 Å². The second kappa shape index (κ2) is 6.57. The number of carbonyl (C=O) groups excluding carboxylic acids is 1. The molecule has 0 atom stereocenters. The van der Waals surface area contributed by atoms with Gasteiger partial charge in [-0.2, -0.15) is 0 Å². The first-order chi connectivity index (χ1) is 11.3. The van der Waals surface area contributed by atoms with Gasteiger partial charge in [-0.3, -0.25) is 0 Å². The molecule has 6 heteroatoms. The number of nitrogens with zero attached hydrogens (tertiary/aromatic N) is 1. The maximum absolute atomic E-state index is 12.3. The predicted octanol–water partition coefficient (Wildman–Crippen LogP) is 5.19. The van der Waals surface area contributed by atoms with Gasteiger partial charge in [-0.1, -0.05) is 23.7 Å². The second-order valence-corrected chi connectivity index (χ2v) is 7.83. The highest BCUT2D eigenvalue weighted by atomic mass is 35.5.